The molecule has 1 unspecified atom stereocenters. The summed E-state index contributed by atoms with van der Waals surface area (Å²) in [6.07, 6.45) is 1.70. The fraction of sp³-hybridized carbons (Fsp3) is 0.259. The average molecular weight is 443 g/mol. The molecule has 0 bridgehead atoms. The van der Waals surface area contributed by atoms with Crippen LogP contribution in [-0.4, -0.2) is 17.7 Å². The molecule has 0 fully saturated rings. The van der Waals surface area contributed by atoms with Crippen LogP contribution < -0.4 is 9.47 Å². The van der Waals surface area contributed by atoms with Crippen molar-refractivity contribution < 1.29 is 23.8 Å². The second-order valence-electron chi connectivity index (χ2n) is 8.53. The molecule has 0 saturated carbocycles. The van der Waals surface area contributed by atoms with Gasteiger partial charge < -0.3 is 14.6 Å². The Bertz CT molecular complexity index is 1260. The molecule has 0 radical (unpaired) electrons. The topological polar surface area (TPSA) is 79.5 Å². The highest BCUT2D eigenvalue weighted by atomic mass is 19.1. The molecule has 1 aliphatic heterocycles. The molecule has 2 aliphatic rings. The van der Waals surface area contributed by atoms with E-state index in [2.05, 4.69) is 6.07 Å². The van der Waals surface area contributed by atoms with Crippen molar-refractivity contribution in [1.82, 2.24) is 0 Å². The third-order valence-electron chi connectivity index (χ3n) is 6.42. The van der Waals surface area contributed by atoms with E-state index in [1.54, 1.807) is 24.3 Å². The number of nitrogens with zero attached hydrogens (tertiary/aromatic N) is 1. The largest absolute Gasteiger partial charge is 0.492 e. The zero-order valence-corrected chi connectivity index (χ0v) is 17.9. The number of carboxylic acid groups (broad SMARTS) is 1. The van der Waals surface area contributed by atoms with Crippen LogP contribution in [-0.2, 0) is 17.6 Å². The van der Waals surface area contributed by atoms with Crippen LogP contribution >= 0.6 is 0 Å². The zero-order valence-electron chi connectivity index (χ0n) is 17.9. The molecule has 1 N–H and O–H groups in total. The maximum absolute atomic E-state index is 14.9. The minimum Gasteiger partial charge on any atom is -0.492 e. The Balaban J connectivity index is 1.36. The van der Waals surface area contributed by atoms with E-state index < -0.39 is 12.1 Å². The van der Waals surface area contributed by atoms with Gasteiger partial charge in [0, 0.05) is 23.1 Å². The summed E-state index contributed by atoms with van der Waals surface area (Å²) in [5.74, 6) is -0.0749. The van der Waals surface area contributed by atoms with Crippen molar-refractivity contribution in [3.63, 3.8) is 0 Å². The normalized spacial score (nSPS) is 18.2. The van der Waals surface area contributed by atoms with Gasteiger partial charge in [-0.3, -0.25) is 4.79 Å². The van der Waals surface area contributed by atoms with Crippen molar-refractivity contribution in [1.29, 1.82) is 5.26 Å². The van der Waals surface area contributed by atoms with Crippen LogP contribution in [0.2, 0.25) is 0 Å². The number of hydrogen-bond donors (Lipinski definition) is 1. The molecule has 2 atom stereocenters. The maximum Gasteiger partial charge on any atom is 0.304 e. The van der Waals surface area contributed by atoms with Gasteiger partial charge in [-0.25, -0.2) is 4.39 Å². The standard InChI is InChI=1S/C27H22FNO4/c28-23-9-5-18(11-16-1-3-17(14-29)4-2-16)22-8-10-24(27(22)23)33-20-6-7-21-19(12-26(30)31)15-32-25(21)13-20/h1-7,9,13,19,24H,8,10-12,15H2,(H,30,31)/t19?,24-/m1/s1. The molecule has 6 heteroatoms. The summed E-state index contributed by atoms with van der Waals surface area (Å²) in [6, 6.07) is 18.3. The van der Waals surface area contributed by atoms with Gasteiger partial charge in [0.1, 0.15) is 23.4 Å². The monoisotopic (exact) mass is 443 g/mol. The summed E-state index contributed by atoms with van der Waals surface area (Å²) in [4.78, 5) is 11.1. The number of ether oxygens (including phenoxy) is 2. The Kier molecular flexibility index (Phi) is 5.47. The van der Waals surface area contributed by atoms with E-state index in [4.69, 9.17) is 19.8 Å². The number of nitriles is 1. The second-order valence-corrected chi connectivity index (χ2v) is 8.53. The molecule has 5 rings (SSSR count). The van der Waals surface area contributed by atoms with Crippen LogP contribution in [0.15, 0.2) is 54.6 Å². The summed E-state index contributed by atoms with van der Waals surface area (Å²) in [7, 11) is 0. The van der Waals surface area contributed by atoms with Crippen LogP contribution in [0, 0.1) is 17.1 Å². The molecule has 5 nitrogen and oxygen atoms in total. The maximum atomic E-state index is 14.9. The summed E-state index contributed by atoms with van der Waals surface area (Å²) < 4.78 is 26.7. The third-order valence-corrected chi connectivity index (χ3v) is 6.42. The van der Waals surface area contributed by atoms with Crippen LogP contribution in [0.25, 0.3) is 0 Å². The molecular formula is C27H22FNO4. The first-order chi connectivity index (χ1) is 16.0. The zero-order chi connectivity index (χ0) is 22.9. The molecule has 3 aromatic carbocycles. The number of rotatable bonds is 6. The van der Waals surface area contributed by atoms with Crippen molar-refractivity contribution in [3.8, 4) is 17.6 Å². The Labute approximate surface area is 191 Å². The van der Waals surface area contributed by atoms with Gasteiger partial charge >= 0.3 is 5.97 Å². The van der Waals surface area contributed by atoms with E-state index in [-0.39, 0.29) is 18.2 Å². The Morgan fingerprint density at radius 2 is 2.00 bits per heavy atom. The van der Waals surface area contributed by atoms with Gasteiger partial charge in [0.2, 0.25) is 0 Å². The Hall–Kier alpha value is -3.85. The quantitative estimate of drug-likeness (QED) is 0.559. The summed E-state index contributed by atoms with van der Waals surface area (Å²) in [5, 5.41) is 18.1. The lowest BCUT2D eigenvalue weighted by Gasteiger charge is -2.17. The van der Waals surface area contributed by atoms with E-state index in [9.17, 15) is 9.18 Å². The van der Waals surface area contributed by atoms with E-state index in [1.165, 1.54) is 6.07 Å². The van der Waals surface area contributed by atoms with Gasteiger partial charge in [0.25, 0.3) is 0 Å². The molecule has 0 saturated heterocycles. The highest BCUT2D eigenvalue weighted by Crippen LogP contribution is 2.42. The van der Waals surface area contributed by atoms with E-state index >= 15 is 0 Å². The second kappa shape index (κ2) is 8.59. The Morgan fingerprint density at radius 3 is 2.76 bits per heavy atom. The van der Waals surface area contributed by atoms with Crippen LogP contribution in [0.5, 0.6) is 11.5 Å². The molecule has 1 aliphatic carbocycles. The highest BCUT2D eigenvalue weighted by molar-refractivity contribution is 5.68. The molecule has 1 heterocycles. The summed E-state index contributed by atoms with van der Waals surface area (Å²) in [5.41, 5.74) is 5.21. The molecule has 0 spiro atoms. The third kappa shape index (κ3) is 4.14. The van der Waals surface area contributed by atoms with Crippen LogP contribution in [0.3, 0.4) is 0 Å². The first-order valence-corrected chi connectivity index (χ1v) is 11.0. The number of carboxylic acids is 1. The fourth-order valence-electron chi connectivity index (χ4n) is 4.82. The lowest BCUT2D eigenvalue weighted by molar-refractivity contribution is -0.137. The minimum absolute atomic E-state index is 0.0242. The smallest absolute Gasteiger partial charge is 0.304 e. The molecular weight excluding hydrogens is 421 g/mol. The molecule has 33 heavy (non-hydrogen) atoms. The van der Waals surface area contributed by atoms with Gasteiger partial charge in [-0.05, 0) is 60.2 Å². The van der Waals surface area contributed by atoms with E-state index in [0.717, 1.165) is 28.7 Å². The van der Waals surface area contributed by atoms with Gasteiger partial charge in [-0.1, -0.05) is 24.3 Å². The lowest BCUT2D eigenvalue weighted by atomic mass is 9.96. The van der Waals surface area contributed by atoms with E-state index in [1.807, 2.05) is 24.3 Å². The fourth-order valence-corrected chi connectivity index (χ4v) is 4.82. The number of carbonyl (C=O) groups is 1. The number of halogens is 1. The Morgan fingerprint density at radius 1 is 1.18 bits per heavy atom. The first kappa shape index (κ1) is 21.0. The first-order valence-electron chi connectivity index (χ1n) is 11.0. The number of hydrogen-bond acceptors (Lipinski definition) is 4. The van der Waals surface area contributed by atoms with Crippen molar-refractivity contribution in [2.45, 2.75) is 37.7 Å². The number of fused-ring (bicyclic) bond motifs is 2. The van der Waals surface area contributed by atoms with Crippen molar-refractivity contribution in [2.75, 3.05) is 6.61 Å². The van der Waals surface area contributed by atoms with Gasteiger partial charge in [0.15, 0.2) is 0 Å². The molecule has 0 amide bonds. The molecule has 3 aromatic rings. The van der Waals surface area contributed by atoms with Crippen molar-refractivity contribution in [3.05, 3.63) is 93.8 Å². The van der Waals surface area contributed by atoms with Crippen LogP contribution in [0.4, 0.5) is 4.39 Å². The number of benzene rings is 3. The van der Waals surface area contributed by atoms with E-state index in [0.29, 0.717) is 42.1 Å². The molecule has 166 valence electrons. The average Bonchev–Trinajstić information content (AvgIpc) is 3.41. The van der Waals surface area contributed by atoms with Crippen molar-refractivity contribution in [2.24, 2.45) is 0 Å². The van der Waals surface area contributed by atoms with Gasteiger partial charge in [-0.2, -0.15) is 5.26 Å². The predicted molar refractivity (Wildman–Crippen MR) is 119 cm³/mol. The summed E-state index contributed by atoms with van der Waals surface area (Å²) >= 11 is 0. The SMILES string of the molecule is N#Cc1ccc(Cc2ccc(F)c3c2CC[C@H]3Oc2ccc3c(c2)OCC3CC(=O)O)cc1. The van der Waals surface area contributed by atoms with Crippen molar-refractivity contribution >= 4 is 5.97 Å². The predicted octanol–water partition coefficient (Wildman–Crippen LogP) is 5.31. The van der Waals surface area contributed by atoms with Gasteiger partial charge in [0.05, 0.1) is 24.7 Å². The minimum atomic E-state index is -0.855. The summed E-state index contributed by atoms with van der Waals surface area (Å²) in [6.45, 7) is 0.338. The highest BCUT2D eigenvalue weighted by Gasteiger charge is 2.31. The lowest BCUT2D eigenvalue weighted by Crippen LogP contribution is -2.07. The van der Waals surface area contributed by atoms with Crippen LogP contribution in [0.1, 0.15) is 58.2 Å². The molecule has 0 aromatic heterocycles. The van der Waals surface area contributed by atoms with Gasteiger partial charge in [-0.15, -0.1) is 0 Å². The number of aliphatic carboxylic acids is 1.